The molecule has 2 aliphatic rings. The molecule has 0 aliphatic carbocycles. The summed E-state index contributed by atoms with van der Waals surface area (Å²) >= 11 is 0. The lowest BCUT2D eigenvalue weighted by molar-refractivity contribution is -0.124. The number of nitrogens with zero attached hydrogens (tertiary/aromatic N) is 3. The molecule has 0 saturated carbocycles. The summed E-state index contributed by atoms with van der Waals surface area (Å²) in [5.74, 6) is -0.500. The summed E-state index contributed by atoms with van der Waals surface area (Å²) in [4.78, 5) is 34.6. The minimum atomic E-state index is -0.606. The smallest absolute Gasteiger partial charge is 0.255 e. The number of hydrogen-bond donors (Lipinski definition) is 1. The van der Waals surface area contributed by atoms with E-state index in [1.165, 1.54) is 12.1 Å². The monoisotopic (exact) mass is 558 g/mol. The van der Waals surface area contributed by atoms with E-state index in [2.05, 4.69) is 22.0 Å². The van der Waals surface area contributed by atoms with Crippen LogP contribution >= 0.6 is 0 Å². The summed E-state index contributed by atoms with van der Waals surface area (Å²) in [7, 11) is 1.61. The van der Waals surface area contributed by atoms with Gasteiger partial charge in [0.2, 0.25) is 5.91 Å². The molecular weight excluding hydrogens is 519 g/mol. The van der Waals surface area contributed by atoms with Gasteiger partial charge in [0, 0.05) is 44.8 Å². The fraction of sp³-hybridized carbons (Fsp3) is 0.394. The van der Waals surface area contributed by atoms with E-state index in [9.17, 15) is 14.0 Å². The number of halogens is 1. The summed E-state index contributed by atoms with van der Waals surface area (Å²) in [6, 6.07) is 20.5. The number of ether oxygens (including phenoxy) is 1. The minimum absolute atomic E-state index is 0.106. The number of carbonyl (C=O) groups is 2. The van der Waals surface area contributed by atoms with E-state index in [1.54, 1.807) is 30.2 Å². The number of hydrogen-bond acceptors (Lipinski definition) is 5. The zero-order chi connectivity index (χ0) is 28.8. The van der Waals surface area contributed by atoms with Crippen molar-refractivity contribution in [2.24, 2.45) is 0 Å². The third-order valence-corrected chi connectivity index (χ3v) is 8.31. The van der Waals surface area contributed by atoms with Crippen LogP contribution < -0.4 is 10.1 Å². The zero-order valence-corrected chi connectivity index (χ0v) is 23.9. The molecule has 2 heterocycles. The summed E-state index contributed by atoms with van der Waals surface area (Å²) in [5, 5.41) is 3.19. The van der Waals surface area contributed by atoms with Crippen molar-refractivity contribution in [3.63, 3.8) is 0 Å². The van der Waals surface area contributed by atoms with Crippen molar-refractivity contribution in [1.82, 2.24) is 20.0 Å². The predicted molar refractivity (Wildman–Crippen MR) is 157 cm³/mol. The van der Waals surface area contributed by atoms with Crippen LogP contribution in [0.15, 0.2) is 72.8 Å². The zero-order valence-electron chi connectivity index (χ0n) is 23.9. The molecule has 0 spiro atoms. The van der Waals surface area contributed by atoms with E-state index in [4.69, 9.17) is 4.74 Å². The first-order valence-electron chi connectivity index (χ1n) is 14.5. The number of likely N-dealkylation sites (N-methyl/N-ethyl adjacent to an activating group) is 1. The van der Waals surface area contributed by atoms with Crippen LogP contribution in [0.1, 0.15) is 52.4 Å². The fourth-order valence-corrected chi connectivity index (χ4v) is 5.96. The van der Waals surface area contributed by atoms with Crippen molar-refractivity contribution in [2.75, 3.05) is 52.9 Å². The van der Waals surface area contributed by atoms with Crippen molar-refractivity contribution in [2.45, 2.75) is 31.8 Å². The highest BCUT2D eigenvalue weighted by Crippen LogP contribution is 2.44. The van der Waals surface area contributed by atoms with E-state index in [0.717, 1.165) is 62.4 Å². The Morgan fingerprint density at radius 2 is 1.63 bits per heavy atom. The van der Waals surface area contributed by atoms with Crippen LogP contribution in [0.2, 0.25) is 0 Å². The highest BCUT2D eigenvalue weighted by Gasteiger charge is 2.44. The predicted octanol–water partition coefficient (Wildman–Crippen LogP) is 4.46. The molecule has 2 aliphatic heterocycles. The molecule has 1 N–H and O–H groups in total. The molecule has 3 aromatic rings. The number of piperazine rings is 1. The average Bonchev–Trinajstić information content (AvgIpc) is 3.01. The highest BCUT2D eigenvalue weighted by atomic mass is 19.1. The lowest BCUT2D eigenvalue weighted by Gasteiger charge is -2.42. The van der Waals surface area contributed by atoms with Gasteiger partial charge in [0.25, 0.3) is 5.91 Å². The van der Waals surface area contributed by atoms with Crippen molar-refractivity contribution in [3.05, 3.63) is 101 Å². The Kier molecular flexibility index (Phi) is 9.31. The number of rotatable bonds is 10. The van der Waals surface area contributed by atoms with Gasteiger partial charge < -0.3 is 24.8 Å². The van der Waals surface area contributed by atoms with Crippen LogP contribution in [0.5, 0.6) is 5.75 Å². The molecule has 216 valence electrons. The molecule has 0 bridgehead atoms. The molecule has 0 radical (unpaired) electrons. The largest absolute Gasteiger partial charge is 0.497 e. The molecule has 5 rings (SSSR count). The molecule has 2 atom stereocenters. The lowest BCUT2D eigenvalue weighted by atomic mass is 9.79. The maximum atomic E-state index is 14.0. The van der Waals surface area contributed by atoms with E-state index in [1.807, 2.05) is 42.5 Å². The Balaban J connectivity index is 1.40. The Bertz CT molecular complexity index is 1320. The van der Waals surface area contributed by atoms with E-state index < -0.39 is 12.0 Å². The number of amides is 2. The number of fused-ring (bicyclic) bond motifs is 1. The Morgan fingerprint density at radius 1 is 0.951 bits per heavy atom. The van der Waals surface area contributed by atoms with Crippen molar-refractivity contribution >= 4 is 11.8 Å². The Hall–Kier alpha value is -3.75. The van der Waals surface area contributed by atoms with Gasteiger partial charge in [-0.2, -0.15) is 0 Å². The molecule has 41 heavy (non-hydrogen) atoms. The average molecular weight is 559 g/mol. The van der Waals surface area contributed by atoms with E-state index in [-0.39, 0.29) is 24.2 Å². The van der Waals surface area contributed by atoms with Gasteiger partial charge in [-0.15, -0.1) is 0 Å². The summed E-state index contributed by atoms with van der Waals surface area (Å²) < 4.78 is 19.0. The molecule has 3 aromatic carbocycles. The van der Waals surface area contributed by atoms with Crippen LogP contribution in [0.4, 0.5) is 4.39 Å². The topological polar surface area (TPSA) is 65.1 Å². The van der Waals surface area contributed by atoms with Gasteiger partial charge in [0.1, 0.15) is 11.6 Å². The van der Waals surface area contributed by atoms with Gasteiger partial charge in [-0.05, 0) is 66.5 Å². The molecule has 0 aromatic heterocycles. The van der Waals surface area contributed by atoms with Crippen LogP contribution in [0, 0.1) is 5.82 Å². The normalized spacial score (nSPS) is 19.6. The van der Waals surface area contributed by atoms with E-state index in [0.29, 0.717) is 17.9 Å². The fourth-order valence-electron chi connectivity index (χ4n) is 5.96. The maximum Gasteiger partial charge on any atom is 0.255 e. The standard InChI is InChI=1S/C33H39FN4O3/c1-3-36-19-21-37(22-20-36)18-6-17-35-32(39)30-28-7-4-5-8-29(28)33(40)38(23-24-9-13-26(34)14-10-24)31(30)25-11-15-27(41-2)16-12-25/h4-5,7-16,30-31H,3,6,17-23H2,1-2H3,(H,35,39)/t30-,31-/m1/s1. The van der Waals surface area contributed by atoms with Crippen LogP contribution in [0.25, 0.3) is 0 Å². The first kappa shape index (κ1) is 28.8. The second kappa shape index (κ2) is 13.3. The van der Waals surface area contributed by atoms with Crippen molar-refractivity contribution in [3.8, 4) is 5.75 Å². The van der Waals surface area contributed by atoms with Gasteiger partial charge in [-0.3, -0.25) is 9.59 Å². The van der Waals surface area contributed by atoms with E-state index >= 15 is 0 Å². The van der Waals surface area contributed by atoms with Crippen LogP contribution in [0.3, 0.4) is 0 Å². The quantitative estimate of drug-likeness (QED) is 0.373. The molecular formula is C33H39FN4O3. The molecule has 1 fully saturated rings. The van der Waals surface area contributed by atoms with Crippen LogP contribution in [-0.2, 0) is 11.3 Å². The first-order chi connectivity index (χ1) is 20.0. The second-order valence-corrected chi connectivity index (χ2v) is 10.8. The third-order valence-electron chi connectivity index (χ3n) is 8.31. The van der Waals surface area contributed by atoms with Gasteiger partial charge in [-0.25, -0.2) is 4.39 Å². The summed E-state index contributed by atoms with van der Waals surface area (Å²) in [6.07, 6.45) is 0.859. The lowest BCUT2D eigenvalue weighted by Crippen LogP contribution is -2.48. The molecule has 7 nitrogen and oxygen atoms in total. The van der Waals surface area contributed by atoms with Gasteiger partial charge in [0.05, 0.1) is 19.1 Å². The third kappa shape index (κ3) is 6.60. The molecule has 2 amide bonds. The SMILES string of the molecule is CCN1CCN(CCCNC(=O)[C@@H]2c3ccccc3C(=O)N(Cc3ccc(F)cc3)[C@@H]2c2ccc(OC)cc2)CC1. The Labute approximate surface area is 241 Å². The Morgan fingerprint density at radius 3 is 2.32 bits per heavy atom. The number of benzene rings is 3. The van der Waals surface area contributed by atoms with Gasteiger partial charge in [-0.1, -0.05) is 49.4 Å². The minimum Gasteiger partial charge on any atom is -0.497 e. The first-order valence-corrected chi connectivity index (χ1v) is 14.5. The number of methoxy groups -OCH3 is 1. The molecule has 8 heteroatoms. The van der Waals surface area contributed by atoms with Gasteiger partial charge >= 0.3 is 0 Å². The summed E-state index contributed by atoms with van der Waals surface area (Å²) in [5.41, 5.74) is 2.87. The summed E-state index contributed by atoms with van der Waals surface area (Å²) in [6.45, 7) is 9.31. The molecule has 0 unspecified atom stereocenters. The van der Waals surface area contributed by atoms with Crippen molar-refractivity contribution in [1.29, 1.82) is 0 Å². The van der Waals surface area contributed by atoms with Gasteiger partial charge in [0.15, 0.2) is 0 Å². The van der Waals surface area contributed by atoms with Crippen LogP contribution in [-0.4, -0.2) is 79.4 Å². The highest BCUT2D eigenvalue weighted by molar-refractivity contribution is 6.01. The second-order valence-electron chi connectivity index (χ2n) is 10.8. The molecule has 1 saturated heterocycles. The number of nitrogens with one attached hydrogen (secondary N) is 1. The maximum absolute atomic E-state index is 14.0. The number of carbonyl (C=O) groups excluding carboxylic acids is 2. The van der Waals surface area contributed by atoms with Crippen molar-refractivity contribution < 1.29 is 18.7 Å².